The van der Waals surface area contributed by atoms with Crippen molar-refractivity contribution in [1.29, 1.82) is 0 Å². The predicted octanol–water partition coefficient (Wildman–Crippen LogP) is 6.61. The summed E-state index contributed by atoms with van der Waals surface area (Å²) in [6.07, 6.45) is 10.3. The van der Waals surface area contributed by atoms with E-state index in [4.69, 9.17) is 18.9 Å². The van der Waals surface area contributed by atoms with Crippen molar-refractivity contribution in [3.8, 4) is 28.7 Å². The number of ether oxygens (including phenoxy) is 4. The van der Waals surface area contributed by atoms with Gasteiger partial charge in [-0.15, -0.1) is 0 Å². The van der Waals surface area contributed by atoms with Crippen LogP contribution in [0.4, 0.5) is 0 Å². The van der Waals surface area contributed by atoms with Crippen molar-refractivity contribution in [2.75, 3.05) is 20.2 Å². The molecule has 4 fully saturated rings. The molecule has 4 bridgehead atoms. The molecule has 8 rings (SSSR count). The zero-order chi connectivity index (χ0) is 38.8. The highest BCUT2D eigenvalue weighted by Crippen LogP contribution is 2.54. The molecule has 4 heterocycles. The van der Waals surface area contributed by atoms with Gasteiger partial charge in [-0.25, -0.2) is 0 Å². The van der Waals surface area contributed by atoms with Gasteiger partial charge in [-0.05, 0) is 92.0 Å². The van der Waals surface area contributed by atoms with E-state index in [-0.39, 0.29) is 75.7 Å². The van der Waals surface area contributed by atoms with Crippen molar-refractivity contribution < 1.29 is 39.1 Å². The third-order valence-electron chi connectivity index (χ3n) is 12.2. The van der Waals surface area contributed by atoms with Gasteiger partial charge in [0.15, 0.2) is 29.0 Å². The van der Waals surface area contributed by atoms with Gasteiger partial charge in [-0.2, -0.15) is 0 Å². The van der Waals surface area contributed by atoms with Crippen molar-refractivity contribution in [2.24, 2.45) is 16.8 Å². The van der Waals surface area contributed by atoms with Gasteiger partial charge >= 0.3 is 5.97 Å². The highest BCUT2D eigenvalue weighted by Gasteiger charge is 2.51. The summed E-state index contributed by atoms with van der Waals surface area (Å²) in [5, 5.41) is 40.6. The Labute approximate surface area is 335 Å². The second-order valence-electron chi connectivity index (χ2n) is 15.9. The van der Waals surface area contributed by atoms with E-state index in [2.05, 4.69) is 20.6 Å². The molecular formula is C42H52N4O8S2. The molecule has 5 N–H and O–H groups in total. The number of rotatable bonds is 6. The molecule has 0 unspecified atom stereocenters. The number of aliphatic imine (C=N–C) groups is 1. The van der Waals surface area contributed by atoms with E-state index in [9.17, 15) is 20.1 Å². The smallest absolute Gasteiger partial charge is 0.302 e. The first kappa shape index (κ1) is 38.8. The number of carbonyl (C=O) groups excluding carboxylic acids is 1. The number of phenolic OH excluding ortho intramolecular Hbond substituents is 3. The number of hydrogen-bond donors (Lipinski definition) is 5. The van der Waals surface area contributed by atoms with Gasteiger partial charge in [0.2, 0.25) is 5.75 Å². The highest BCUT2D eigenvalue weighted by molar-refractivity contribution is 8.77. The molecule has 9 atom stereocenters. The van der Waals surface area contributed by atoms with E-state index in [1.165, 1.54) is 13.0 Å². The Kier molecular flexibility index (Phi) is 11.7. The molecule has 14 heteroatoms. The Hall–Kier alpha value is -4.01. The number of benzene rings is 2. The molecule has 56 heavy (non-hydrogen) atoms. The largest absolute Gasteiger partial charge is 0.504 e. The van der Waals surface area contributed by atoms with Crippen LogP contribution in [-0.2, 0) is 27.1 Å². The monoisotopic (exact) mass is 804 g/mol. The summed E-state index contributed by atoms with van der Waals surface area (Å²) in [4.78, 5) is 21.3. The molecule has 0 amide bonds. The number of carbonyl (C=O) groups is 1. The number of nitrogens with one attached hydrogen (secondary N) is 2. The van der Waals surface area contributed by atoms with E-state index in [1.54, 1.807) is 24.5 Å². The van der Waals surface area contributed by atoms with Crippen LogP contribution in [0.1, 0.15) is 81.1 Å². The van der Waals surface area contributed by atoms with Crippen LogP contribution < -0.4 is 20.1 Å². The van der Waals surface area contributed by atoms with Crippen LogP contribution in [0.25, 0.3) is 0 Å². The number of guanidine groups is 1. The number of esters is 1. The van der Waals surface area contributed by atoms with Gasteiger partial charge in [0.1, 0.15) is 12.2 Å². The highest BCUT2D eigenvalue weighted by atomic mass is 33.1. The molecule has 2 aromatic carbocycles. The van der Waals surface area contributed by atoms with Gasteiger partial charge in [-0.1, -0.05) is 33.7 Å². The number of pyridine rings is 1. The molecule has 1 spiro atoms. The van der Waals surface area contributed by atoms with E-state index in [1.807, 2.05) is 52.9 Å². The van der Waals surface area contributed by atoms with E-state index >= 15 is 0 Å². The van der Waals surface area contributed by atoms with Gasteiger partial charge in [0.25, 0.3) is 0 Å². The molecule has 5 aliphatic rings. The van der Waals surface area contributed by atoms with Crippen LogP contribution in [0.3, 0.4) is 0 Å². The summed E-state index contributed by atoms with van der Waals surface area (Å²) in [5.41, 5.74) is 2.44. The summed E-state index contributed by atoms with van der Waals surface area (Å²) < 4.78 is 25.9. The molecule has 2 aliphatic carbocycles. The summed E-state index contributed by atoms with van der Waals surface area (Å²) in [6.45, 7) is 2.53. The fraction of sp³-hybridized carbons (Fsp3) is 0.548. The number of nitrogens with zero attached hydrogens (tertiary/aromatic N) is 2. The fourth-order valence-electron chi connectivity index (χ4n) is 9.53. The van der Waals surface area contributed by atoms with Gasteiger partial charge in [-0.3, -0.25) is 14.8 Å². The first-order chi connectivity index (χ1) is 27.2. The van der Waals surface area contributed by atoms with E-state index in [0.717, 1.165) is 68.6 Å². The van der Waals surface area contributed by atoms with Crippen molar-refractivity contribution in [3.63, 3.8) is 0 Å². The minimum Gasteiger partial charge on any atom is -0.504 e. The van der Waals surface area contributed by atoms with E-state index < -0.39 is 12.2 Å². The lowest BCUT2D eigenvalue weighted by Gasteiger charge is -2.50. The average molecular weight is 805 g/mol. The first-order valence-electron chi connectivity index (χ1n) is 19.9. The Morgan fingerprint density at radius 3 is 2.79 bits per heavy atom. The topological polar surface area (TPSA) is 164 Å². The van der Waals surface area contributed by atoms with Gasteiger partial charge < -0.3 is 44.9 Å². The maximum Gasteiger partial charge on any atom is 0.302 e. The third kappa shape index (κ3) is 8.33. The second-order valence-corrected chi connectivity index (χ2v) is 18.6. The predicted molar refractivity (Wildman–Crippen MR) is 217 cm³/mol. The molecule has 300 valence electrons. The second kappa shape index (κ2) is 16.8. The lowest BCUT2D eigenvalue weighted by Crippen LogP contribution is -2.59. The maximum atomic E-state index is 12.6. The van der Waals surface area contributed by atoms with Crippen LogP contribution in [0, 0.1) is 11.8 Å². The number of phenols is 3. The van der Waals surface area contributed by atoms with Crippen LogP contribution in [0.2, 0.25) is 0 Å². The van der Waals surface area contributed by atoms with Gasteiger partial charge in [0, 0.05) is 74.5 Å². The van der Waals surface area contributed by atoms with E-state index in [0.29, 0.717) is 30.6 Å². The normalized spacial score (nSPS) is 32.1. The molecular weight excluding hydrogens is 753 g/mol. The quantitative estimate of drug-likeness (QED) is 0.103. The average Bonchev–Trinajstić information content (AvgIpc) is 3.35. The van der Waals surface area contributed by atoms with Crippen LogP contribution >= 0.6 is 21.6 Å². The Bertz CT molecular complexity index is 1900. The maximum absolute atomic E-state index is 12.6. The number of aromatic hydroxyl groups is 3. The Morgan fingerprint density at radius 2 is 1.96 bits per heavy atom. The van der Waals surface area contributed by atoms with Crippen LogP contribution in [0.15, 0.2) is 59.9 Å². The molecule has 3 aliphatic heterocycles. The lowest BCUT2D eigenvalue weighted by molar-refractivity contribution is -0.191. The molecule has 2 saturated carbocycles. The Balaban J connectivity index is 1.12. The number of hydrogen-bond acceptors (Lipinski definition) is 12. The number of fused-ring (bicyclic) bond motifs is 6. The minimum absolute atomic E-state index is 0.0196. The molecule has 2 saturated heterocycles. The summed E-state index contributed by atoms with van der Waals surface area (Å²) in [6, 6.07) is 12.8. The molecule has 12 nitrogen and oxygen atoms in total. The minimum atomic E-state index is -0.543. The third-order valence-corrected chi connectivity index (χ3v) is 15.9. The standard InChI is InChI=1S/C42H52N4O8S2/c1-24(47)52-34-21-33(27-19-32(49)39(50)36(20-27)51-16-12-25-5-4-14-44-23-25)54-40-29(34)8-10-37-30(40)17-26-7-9-31(48)35(18-26)53-28-6-3-13-42(22-28)38(56-55-37)11-15-45-41(43-2)46-42/h4-5,7,9,14,18-20,23,28-30,33-34,37-38,40,48-50H,3,6,8,10-13,15-17,21-22H2,1-2H3,(H2,43,45,46)/t28-,29-,30-,33-,34+,37-,38+,40-,42+/m0/s1. The van der Waals surface area contributed by atoms with Crippen molar-refractivity contribution in [1.82, 2.24) is 15.6 Å². The Morgan fingerprint density at radius 1 is 1.07 bits per heavy atom. The zero-order valence-electron chi connectivity index (χ0n) is 31.9. The molecule has 0 radical (unpaired) electrons. The fourth-order valence-corrected chi connectivity index (χ4v) is 13.5. The van der Waals surface area contributed by atoms with Gasteiger partial charge in [0.05, 0.1) is 24.4 Å². The summed E-state index contributed by atoms with van der Waals surface area (Å²) in [7, 11) is 5.73. The summed E-state index contributed by atoms with van der Waals surface area (Å²) in [5.74, 6) is 0.599. The zero-order valence-corrected chi connectivity index (χ0v) is 33.5. The first-order valence-corrected chi connectivity index (χ1v) is 22.2. The SMILES string of the molecule is CN=C1NCC[C@H]2SS[C@H]3CC[C@@H]4[C@H](O[C@H](c5cc(O)c(O)c(OCCc6cccnc6)c5)C[C@H]4OC(C)=O)[C@H]3Cc3ccc(O)c(c3)O[C@H]3CCC[C@]2(C3)N1. The van der Waals surface area contributed by atoms with Crippen LogP contribution in [0.5, 0.6) is 28.7 Å². The van der Waals surface area contributed by atoms with Crippen LogP contribution in [-0.4, -0.2) is 86.8 Å². The molecule has 3 aromatic rings. The van der Waals surface area contributed by atoms with Crippen molar-refractivity contribution >= 4 is 33.5 Å². The number of aromatic nitrogens is 1. The van der Waals surface area contributed by atoms with Crippen molar-refractivity contribution in [3.05, 3.63) is 71.5 Å². The van der Waals surface area contributed by atoms with Crippen molar-refractivity contribution in [2.45, 2.75) is 112 Å². The lowest BCUT2D eigenvalue weighted by atomic mass is 9.70. The summed E-state index contributed by atoms with van der Waals surface area (Å²) >= 11 is 0. The molecule has 1 aromatic heterocycles.